The first-order chi connectivity index (χ1) is 3.79. The van der Waals surface area contributed by atoms with Crippen molar-refractivity contribution in [2.24, 2.45) is 0 Å². The molecule has 1 heterocycles. The Morgan fingerprint density at radius 2 is 2.00 bits per heavy atom. The lowest BCUT2D eigenvalue weighted by Crippen LogP contribution is -2.34. The molecule has 0 N–H and O–H groups in total. The van der Waals surface area contributed by atoms with Crippen LogP contribution in [0.3, 0.4) is 0 Å². The first-order valence-corrected chi connectivity index (χ1v) is 2.18. The van der Waals surface area contributed by atoms with Crippen LogP contribution in [0.1, 0.15) is 5.56 Å². The highest BCUT2D eigenvalue weighted by molar-refractivity contribution is 4.94. The molecule has 1 aromatic rings. The summed E-state index contributed by atoms with van der Waals surface area (Å²) in [6, 6.07) is 0. The van der Waals surface area contributed by atoms with Crippen LogP contribution in [0.2, 0.25) is 0 Å². The molecule has 0 saturated carbocycles. The number of aromatic nitrogens is 3. The van der Waals surface area contributed by atoms with Crippen molar-refractivity contribution in [2.75, 3.05) is 0 Å². The minimum absolute atomic E-state index is 0.271. The van der Waals surface area contributed by atoms with E-state index < -0.39 is 0 Å². The molecule has 0 fully saturated rings. The van der Waals surface area contributed by atoms with Crippen molar-refractivity contribution < 1.29 is 4.96 Å². The molecule has 42 valence electrons. The van der Waals surface area contributed by atoms with Gasteiger partial charge in [0.25, 0.3) is 0 Å². The molecule has 0 radical (unpaired) electrons. The van der Waals surface area contributed by atoms with Gasteiger partial charge in [0.2, 0.25) is 0 Å². The second-order valence-electron chi connectivity index (χ2n) is 1.49. The van der Waals surface area contributed by atoms with Crippen LogP contribution in [0.4, 0.5) is 0 Å². The Morgan fingerprint density at radius 1 is 1.50 bits per heavy atom. The predicted octanol–water partition coefficient (Wildman–Crippen LogP) is -0.582. The lowest BCUT2D eigenvalue weighted by atomic mass is 10.4. The van der Waals surface area contributed by atoms with Crippen LogP contribution in [-0.4, -0.2) is 10.2 Å². The molecule has 1 rings (SSSR count). The molecule has 8 heavy (non-hydrogen) atoms. The van der Waals surface area contributed by atoms with Gasteiger partial charge in [0.05, 0.1) is 4.96 Å². The quantitative estimate of drug-likeness (QED) is 0.332. The maximum atomic E-state index is 10.1. The molecule has 1 aromatic heterocycles. The Kier molecular flexibility index (Phi) is 1.07. The van der Waals surface area contributed by atoms with Gasteiger partial charge in [-0.25, -0.2) is 0 Å². The van der Waals surface area contributed by atoms with E-state index in [-0.39, 0.29) is 4.96 Å². The van der Waals surface area contributed by atoms with E-state index in [4.69, 9.17) is 0 Å². The van der Waals surface area contributed by atoms with Gasteiger partial charge < -0.3 is 5.21 Å². The Balaban J connectivity index is 3.03. The topological polar surface area (TPSA) is 52.7 Å². The maximum absolute atomic E-state index is 10.1. The molecule has 0 bridgehead atoms. The third kappa shape index (κ3) is 0.900. The highest BCUT2D eigenvalue weighted by Crippen LogP contribution is 1.81. The van der Waals surface area contributed by atoms with Crippen molar-refractivity contribution in [3.8, 4) is 0 Å². The zero-order valence-electron chi connectivity index (χ0n) is 4.40. The molecule has 0 aliphatic rings. The van der Waals surface area contributed by atoms with Crippen molar-refractivity contribution in [1.29, 1.82) is 0 Å². The summed E-state index contributed by atoms with van der Waals surface area (Å²) in [4.78, 5) is 0.271. The van der Waals surface area contributed by atoms with Gasteiger partial charge in [-0.1, -0.05) is 0 Å². The van der Waals surface area contributed by atoms with Crippen molar-refractivity contribution >= 4 is 0 Å². The molecule has 0 saturated heterocycles. The first-order valence-electron chi connectivity index (χ1n) is 2.18. The van der Waals surface area contributed by atoms with Crippen LogP contribution in [-0.2, 0) is 0 Å². The van der Waals surface area contributed by atoms with E-state index in [9.17, 15) is 5.21 Å². The average Bonchev–Trinajstić information content (AvgIpc) is 1.77. The average molecular weight is 111 g/mol. The summed E-state index contributed by atoms with van der Waals surface area (Å²) in [5.74, 6) is 0. The number of aryl methyl sites for hydroxylation is 1. The number of hydrogen-bond acceptors (Lipinski definition) is 3. The molecule has 4 heteroatoms. The van der Waals surface area contributed by atoms with Crippen LogP contribution >= 0.6 is 0 Å². The van der Waals surface area contributed by atoms with E-state index in [0.717, 1.165) is 5.56 Å². The lowest BCUT2D eigenvalue weighted by Gasteiger charge is -1.85. The van der Waals surface area contributed by atoms with Crippen molar-refractivity contribution in [3.05, 3.63) is 23.2 Å². The molecule has 0 aliphatic heterocycles. The fourth-order valence-corrected chi connectivity index (χ4v) is 0.344. The maximum Gasteiger partial charge on any atom is 0.103 e. The molecule has 0 aromatic carbocycles. The summed E-state index contributed by atoms with van der Waals surface area (Å²) < 4.78 is 0. The Labute approximate surface area is 46.4 Å². The Morgan fingerprint density at radius 3 is 2.38 bits per heavy atom. The lowest BCUT2D eigenvalue weighted by molar-refractivity contribution is -0.728. The SMILES string of the molecule is Cc1cn[n+]([O-])nc1. The Bertz CT molecular complexity index is 150. The highest BCUT2D eigenvalue weighted by Gasteiger charge is 1.87. The van der Waals surface area contributed by atoms with Gasteiger partial charge in [-0.2, -0.15) is 0 Å². The molecule has 0 atom stereocenters. The van der Waals surface area contributed by atoms with E-state index in [0.29, 0.717) is 0 Å². The summed E-state index contributed by atoms with van der Waals surface area (Å²) in [7, 11) is 0. The Hall–Kier alpha value is -1.19. The minimum atomic E-state index is 0.271. The van der Waals surface area contributed by atoms with Crippen LogP contribution < -0.4 is 4.96 Å². The number of hydrogen-bond donors (Lipinski definition) is 0. The highest BCUT2D eigenvalue weighted by atomic mass is 16.5. The monoisotopic (exact) mass is 111 g/mol. The summed E-state index contributed by atoms with van der Waals surface area (Å²) in [5, 5.41) is 16.8. The van der Waals surface area contributed by atoms with Crippen LogP contribution in [0.25, 0.3) is 0 Å². The van der Waals surface area contributed by atoms with Gasteiger partial charge in [-0.05, 0) is 12.5 Å². The summed E-state index contributed by atoms with van der Waals surface area (Å²) in [6.07, 6.45) is 2.92. The second kappa shape index (κ2) is 1.73. The molecule has 0 aliphatic carbocycles. The van der Waals surface area contributed by atoms with Gasteiger partial charge in [0.1, 0.15) is 12.4 Å². The van der Waals surface area contributed by atoms with E-state index in [1.807, 2.05) is 6.92 Å². The minimum Gasteiger partial charge on any atom is -0.569 e. The first kappa shape index (κ1) is 4.96. The summed E-state index contributed by atoms with van der Waals surface area (Å²) in [6.45, 7) is 1.82. The number of nitrogens with zero attached hydrogens (tertiary/aromatic N) is 3. The van der Waals surface area contributed by atoms with E-state index in [1.165, 1.54) is 12.4 Å². The van der Waals surface area contributed by atoms with Crippen molar-refractivity contribution in [3.63, 3.8) is 0 Å². The molecule has 0 amide bonds. The van der Waals surface area contributed by atoms with Crippen LogP contribution in [0.5, 0.6) is 0 Å². The van der Waals surface area contributed by atoms with Crippen LogP contribution in [0.15, 0.2) is 12.4 Å². The van der Waals surface area contributed by atoms with Gasteiger partial charge in [-0.3, -0.25) is 0 Å². The van der Waals surface area contributed by atoms with Crippen molar-refractivity contribution in [2.45, 2.75) is 6.92 Å². The predicted molar refractivity (Wildman–Crippen MR) is 25.7 cm³/mol. The smallest absolute Gasteiger partial charge is 0.103 e. The van der Waals surface area contributed by atoms with Gasteiger partial charge >= 0.3 is 0 Å². The van der Waals surface area contributed by atoms with Crippen LogP contribution in [0, 0.1) is 12.1 Å². The van der Waals surface area contributed by atoms with E-state index in [1.54, 1.807) is 0 Å². The third-order valence-corrected chi connectivity index (χ3v) is 0.720. The molecular formula is C4H5N3O. The standard InChI is InChI=1S/C4H5N3O/c1-4-2-5-7(8)6-3-4/h2-3H,1H3. The van der Waals surface area contributed by atoms with Crippen molar-refractivity contribution in [1.82, 2.24) is 10.2 Å². The van der Waals surface area contributed by atoms with Gasteiger partial charge in [0.15, 0.2) is 0 Å². The second-order valence-corrected chi connectivity index (χ2v) is 1.49. The summed E-state index contributed by atoms with van der Waals surface area (Å²) >= 11 is 0. The zero-order valence-corrected chi connectivity index (χ0v) is 4.40. The fourth-order valence-electron chi connectivity index (χ4n) is 0.344. The normalized spacial score (nSPS) is 9.12. The van der Waals surface area contributed by atoms with E-state index >= 15 is 0 Å². The fraction of sp³-hybridized carbons (Fsp3) is 0.250. The molecular weight excluding hydrogens is 106 g/mol. The molecule has 0 unspecified atom stereocenters. The largest absolute Gasteiger partial charge is 0.569 e. The zero-order chi connectivity index (χ0) is 5.98. The number of rotatable bonds is 0. The van der Waals surface area contributed by atoms with Gasteiger partial charge in [0, 0.05) is 10.2 Å². The molecule has 4 nitrogen and oxygen atoms in total. The van der Waals surface area contributed by atoms with E-state index in [2.05, 4.69) is 10.2 Å². The summed E-state index contributed by atoms with van der Waals surface area (Å²) in [5.41, 5.74) is 0.886. The van der Waals surface area contributed by atoms with Gasteiger partial charge in [-0.15, -0.1) is 0 Å². The third-order valence-electron chi connectivity index (χ3n) is 0.720. The molecule has 0 spiro atoms.